The molecule has 3 aromatic carbocycles. The van der Waals surface area contributed by atoms with Crippen molar-refractivity contribution in [2.75, 3.05) is 4.72 Å². The Labute approximate surface area is 193 Å². The molecular formula is C25H27N3O4S. The molecule has 0 spiro atoms. The zero-order chi connectivity index (χ0) is 24.0. The summed E-state index contributed by atoms with van der Waals surface area (Å²) in [6, 6.07) is 19.7. The molecule has 3 N–H and O–H groups in total. The Kier molecular flexibility index (Phi) is 7.52. The molecule has 8 heteroatoms. The van der Waals surface area contributed by atoms with Gasteiger partial charge in [0.2, 0.25) is 0 Å². The summed E-state index contributed by atoms with van der Waals surface area (Å²) in [6.45, 7) is 6.89. The van der Waals surface area contributed by atoms with Crippen LogP contribution in [-0.2, 0) is 21.4 Å². The summed E-state index contributed by atoms with van der Waals surface area (Å²) in [4.78, 5) is 11.2. The Morgan fingerprint density at radius 2 is 1.70 bits per heavy atom. The number of nitrogens with zero attached hydrogens (tertiary/aromatic N) is 1. The molecule has 1 heterocycles. The molecule has 0 fully saturated rings. The van der Waals surface area contributed by atoms with E-state index in [4.69, 9.17) is 5.21 Å². The average Bonchev–Trinajstić information content (AvgIpc) is 3.16. The maximum Gasteiger partial charge on any atom is 0.267 e. The lowest BCUT2D eigenvalue weighted by Crippen LogP contribution is -2.15. The third-order valence-corrected chi connectivity index (χ3v) is 6.43. The number of aromatic nitrogens is 1. The molecule has 0 unspecified atom stereocenters. The molecule has 1 aromatic heterocycles. The van der Waals surface area contributed by atoms with Gasteiger partial charge in [0.25, 0.3) is 15.9 Å². The van der Waals surface area contributed by atoms with Crippen molar-refractivity contribution in [1.29, 1.82) is 0 Å². The first-order valence-electron chi connectivity index (χ1n) is 10.7. The van der Waals surface area contributed by atoms with Gasteiger partial charge in [-0.3, -0.25) is 14.7 Å². The summed E-state index contributed by atoms with van der Waals surface area (Å²) in [5, 5.41) is 10.6. The fourth-order valence-electron chi connectivity index (χ4n) is 3.67. The minimum absolute atomic E-state index is 0.0649. The second-order valence-corrected chi connectivity index (χ2v) is 8.66. The number of amides is 1. The van der Waals surface area contributed by atoms with E-state index in [9.17, 15) is 13.2 Å². The number of anilines is 1. The van der Waals surface area contributed by atoms with Crippen LogP contribution in [0.25, 0.3) is 27.9 Å². The Bertz CT molecular complexity index is 1420. The smallest absolute Gasteiger partial charge is 0.267 e. The van der Waals surface area contributed by atoms with Crippen molar-refractivity contribution in [3.63, 3.8) is 0 Å². The highest BCUT2D eigenvalue weighted by molar-refractivity contribution is 7.92. The summed E-state index contributed by atoms with van der Waals surface area (Å²) >= 11 is 0. The van der Waals surface area contributed by atoms with Crippen molar-refractivity contribution in [1.82, 2.24) is 10.0 Å². The van der Waals surface area contributed by atoms with Crippen LogP contribution in [0.3, 0.4) is 0 Å². The number of aryl methyl sites for hydroxylation is 1. The number of carbonyl (C=O) groups excluding carboxylic acids is 1. The Morgan fingerprint density at radius 3 is 2.42 bits per heavy atom. The summed E-state index contributed by atoms with van der Waals surface area (Å²) < 4.78 is 30.7. The van der Waals surface area contributed by atoms with Gasteiger partial charge in [0, 0.05) is 40.1 Å². The molecule has 1 amide bonds. The van der Waals surface area contributed by atoms with Gasteiger partial charge >= 0.3 is 0 Å². The third-order valence-electron chi connectivity index (χ3n) is 5.05. The summed E-state index contributed by atoms with van der Waals surface area (Å²) in [5.74, 6) is -0.703. The number of sulfonamides is 1. The van der Waals surface area contributed by atoms with Crippen molar-refractivity contribution in [3.05, 3.63) is 78.4 Å². The number of benzene rings is 3. The zero-order valence-electron chi connectivity index (χ0n) is 18.7. The van der Waals surface area contributed by atoms with E-state index in [1.807, 2.05) is 44.2 Å². The van der Waals surface area contributed by atoms with Crippen LogP contribution in [0.2, 0.25) is 0 Å². The lowest BCUT2D eigenvalue weighted by atomic mass is 10.1. The maximum absolute atomic E-state index is 12.9. The summed E-state index contributed by atoms with van der Waals surface area (Å²) in [7, 11) is -3.84. The lowest BCUT2D eigenvalue weighted by molar-refractivity contribution is -0.124. The van der Waals surface area contributed by atoms with Crippen molar-refractivity contribution in [2.45, 2.75) is 32.2 Å². The molecule has 172 valence electrons. The zero-order valence-corrected chi connectivity index (χ0v) is 19.6. The van der Waals surface area contributed by atoms with E-state index >= 15 is 0 Å². The predicted octanol–water partition coefficient (Wildman–Crippen LogP) is 5.16. The quantitative estimate of drug-likeness (QED) is 0.208. The molecule has 4 rings (SSSR count). The number of rotatable bonds is 6. The first-order valence-corrected chi connectivity index (χ1v) is 12.2. The minimum Gasteiger partial charge on any atom is -0.341 e. The minimum atomic E-state index is -3.84. The first kappa shape index (κ1) is 24.0. The van der Waals surface area contributed by atoms with Crippen molar-refractivity contribution < 1.29 is 18.4 Å². The van der Waals surface area contributed by atoms with Gasteiger partial charge in [-0.05, 0) is 55.0 Å². The predicted molar refractivity (Wildman–Crippen MR) is 133 cm³/mol. The molecule has 33 heavy (non-hydrogen) atoms. The number of hydrogen-bond donors (Lipinski definition) is 3. The highest BCUT2D eigenvalue weighted by Crippen LogP contribution is 2.31. The van der Waals surface area contributed by atoms with E-state index in [0.29, 0.717) is 11.3 Å². The van der Waals surface area contributed by atoms with Crippen LogP contribution in [0.4, 0.5) is 5.69 Å². The van der Waals surface area contributed by atoms with E-state index in [2.05, 4.69) is 22.3 Å². The number of hydroxylamine groups is 1. The van der Waals surface area contributed by atoms with Gasteiger partial charge in [0.05, 0.1) is 4.90 Å². The van der Waals surface area contributed by atoms with Gasteiger partial charge < -0.3 is 4.57 Å². The van der Waals surface area contributed by atoms with Crippen molar-refractivity contribution in [3.8, 4) is 0 Å². The van der Waals surface area contributed by atoms with Gasteiger partial charge in [-0.15, -0.1) is 0 Å². The second kappa shape index (κ2) is 10.3. The van der Waals surface area contributed by atoms with E-state index < -0.39 is 15.9 Å². The molecule has 0 saturated heterocycles. The lowest BCUT2D eigenvalue weighted by Gasteiger charge is -2.09. The number of nitrogens with one attached hydrogen (secondary N) is 2. The largest absolute Gasteiger partial charge is 0.341 e. The number of hydrogen-bond acceptors (Lipinski definition) is 4. The van der Waals surface area contributed by atoms with Gasteiger partial charge in [0.15, 0.2) is 0 Å². The van der Waals surface area contributed by atoms with E-state index in [1.54, 1.807) is 18.2 Å². The van der Waals surface area contributed by atoms with Crippen LogP contribution in [-0.4, -0.2) is 24.1 Å². The molecule has 0 bridgehead atoms. The highest BCUT2D eigenvalue weighted by atomic mass is 32.2. The summed E-state index contributed by atoms with van der Waals surface area (Å²) in [6.07, 6.45) is 2.52. The molecule has 0 atom stereocenters. The SMILES string of the molecule is CC.CCn1c2ccccc2c2cc(NS(=O)(=O)c3cccc(/C=C/C(=O)NO)c3)ccc21. The number of para-hydroxylation sites is 1. The normalized spacial score (nSPS) is 11.4. The van der Waals surface area contributed by atoms with Crippen LogP contribution in [0.1, 0.15) is 26.3 Å². The van der Waals surface area contributed by atoms with Gasteiger partial charge in [-0.25, -0.2) is 13.9 Å². The summed E-state index contributed by atoms with van der Waals surface area (Å²) in [5.41, 5.74) is 4.61. The second-order valence-electron chi connectivity index (χ2n) is 6.98. The van der Waals surface area contributed by atoms with Crippen LogP contribution in [0, 0.1) is 0 Å². The van der Waals surface area contributed by atoms with Crippen molar-refractivity contribution >= 4 is 49.5 Å². The van der Waals surface area contributed by atoms with Gasteiger partial charge in [0.1, 0.15) is 0 Å². The molecule has 0 aliphatic rings. The van der Waals surface area contributed by atoms with Gasteiger partial charge in [-0.1, -0.05) is 44.2 Å². The molecule has 0 aliphatic carbocycles. The monoisotopic (exact) mass is 465 g/mol. The molecule has 0 saturated carbocycles. The molecule has 7 nitrogen and oxygen atoms in total. The first-order chi connectivity index (χ1) is 15.9. The van der Waals surface area contributed by atoms with Gasteiger partial charge in [-0.2, -0.15) is 0 Å². The fraction of sp³-hybridized carbons (Fsp3) is 0.160. The van der Waals surface area contributed by atoms with Crippen LogP contribution in [0.5, 0.6) is 0 Å². The van der Waals surface area contributed by atoms with E-state index in [-0.39, 0.29) is 4.90 Å². The van der Waals surface area contributed by atoms with Crippen LogP contribution in [0.15, 0.2) is 77.7 Å². The van der Waals surface area contributed by atoms with Crippen LogP contribution >= 0.6 is 0 Å². The standard InChI is InChI=1S/C23H21N3O4S.C2H6/c1-2-26-21-9-4-3-8-19(21)20-15-17(11-12-22(20)26)25-31(29,30)18-7-5-6-16(14-18)10-13-23(27)24-28;1-2/h3-15,25,28H,2H2,1H3,(H,24,27);1-2H3/b13-10+;. The Balaban J connectivity index is 0.00000149. The average molecular weight is 466 g/mol. The van der Waals surface area contributed by atoms with Crippen LogP contribution < -0.4 is 10.2 Å². The van der Waals surface area contributed by atoms with E-state index in [0.717, 1.165) is 34.4 Å². The Hall–Kier alpha value is -3.62. The fourth-order valence-corrected chi connectivity index (χ4v) is 4.77. The number of carbonyl (C=O) groups is 1. The molecule has 0 aliphatic heterocycles. The highest BCUT2D eigenvalue weighted by Gasteiger charge is 2.16. The van der Waals surface area contributed by atoms with Crippen molar-refractivity contribution in [2.24, 2.45) is 0 Å². The Morgan fingerprint density at radius 1 is 0.970 bits per heavy atom. The topological polar surface area (TPSA) is 100 Å². The molecule has 4 aromatic rings. The molecular weight excluding hydrogens is 438 g/mol. The van der Waals surface area contributed by atoms with E-state index in [1.165, 1.54) is 23.7 Å². The molecule has 0 radical (unpaired) electrons. The third kappa shape index (κ3) is 5.08. The maximum atomic E-state index is 12.9. The number of fused-ring (bicyclic) bond motifs is 3.